The zero-order valence-corrected chi connectivity index (χ0v) is 9.84. The summed E-state index contributed by atoms with van der Waals surface area (Å²) in [4.78, 5) is 0. The van der Waals surface area contributed by atoms with Crippen molar-refractivity contribution < 1.29 is 4.74 Å². The van der Waals surface area contributed by atoms with Crippen molar-refractivity contribution in [2.24, 2.45) is 5.73 Å². The van der Waals surface area contributed by atoms with Gasteiger partial charge in [0, 0.05) is 13.7 Å². The van der Waals surface area contributed by atoms with E-state index < -0.39 is 0 Å². The molecule has 1 heterocycles. The summed E-state index contributed by atoms with van der Waals surface area (Å²) in [5, 5.41) is 8.16. The van der Waals surface area contributed by atoms with Crippen LogP contribution in [-0.2, 0) is 24.4 Å². The molecule has 0 aliphatic carbocycles. The minimum atomic E-state index is 0.382. The zero-order valence-electron chi connectivity index (χ0n) is 9.84. The molecule has 0 aliphatic rings. The highest BCUT2D eigenvalue weighted by Crippen LogP contribution is 2.09. The molecule has 2 rings (SSSR count). The lowest BCUT2D eigenvalue weighted by molar-refractivity contribution is 0.176. The molecule has 90 valence electrons. The summed E-state index contributed by atoms with van der Waals surface area (Å²) in [6.45, 7) is 1.55. The van der Waals surface area contributed by atoms with Crippen LogP contribution in [0.4, 0.5) is 0 Å². The monoisotopic (exact) mass is 232 g/mol. The number of benzene rings is 1. The van der Waals surface area contributed by atoms with Gasteiger partial charge < -0.3 is 10.5 Å². The first-order valence-corrected chi connectivity index (χ1v) is 5.49. The number of nitrogens with two attached hydrogens (primary N) is 1. The van der Waals surface area contributed by atoms with Crippen LogP contribution in [-0.4, -0.2) is 22.1 Å². The Morgan fingerprint density at radius 2 is 2.06 bits per heavy atom. The van der Waals surface area contributed by atoms with Crippen LogP contribution in [0.15, 0.2) is 30.3 Å². The lowest BCUT2D eigenvalue weighted by Gasteiger charge is -2.06. The maximum Gasteiger partial charge on any atom is 0.102 e. The number of rotatable bonds is 5. The second-order valence-corrected chi connectivity index (χ2v) is 3.76. The molecule has 0 bridgehead atoms. The van der Waals surface area contributed by atoms with E-state index >= 15 is 0 Å². The lowest BCUT2D eigenvalue weighted by Crippen LogP contribution is -2.09. The van der Waals surface area contributed by atoms with Gasteiger partial charge in [0.1, 0.15) is 5.69 Å². The van der Waals surface area contributed by atoms with Crippen LogP contribution in [0.3, 0.4) is 0 Å². The molecular weight excluding hydrogens is 216 g/mol. The van der Waals surface area contributed by atoms with Crippen molar-refractivity contribution in [3.63, 3.8) is 0 Å². The topological polar surface area (TPSA) is 66.0 Å². The van der Waals surface area contributed by atoms with Crippen LogP contribution in [0.2, 0.25) is 0 Å². The molecule has 0 amide bonds. The van der Waals surface area contributed by atoms with Crippen molar-refractivity contribution in [1.82, 2.24) is 15.0 Å². The van der Waals surface area contributed by atoms with Gasteiger partial charge in [-0.3, -0.25) is 0 Å². The number of nitrogens with zero attached hydrogens (tertiary/aromatic N) is 3. The summed E-state index contributed by atoms with van der Waals surface area (Å²) in [6, 6.07) is 10.1. The van der Waals surface area contributed by atoms with Crippen molar-refractivity contribution in [3.8, 4) is 0 Å². The van der Waals surface area contributed by atoms with E-state index in [0.29, 0.717) is 19.7 Å². The average Bonchev–Trinajstić information content (AvgIpc) is 2.74. The smallest absolute Gasteiger partial charge is 0.102 e. The third kappa shape index (κ3) is 2.69. The summed E-state index contributed by atoms with van der Waals surface area (Å²) in [7, 11) is 1.65. The first-order valence-electron chi connectivity index (χ1n) is 5.49. The van der Waals surface area contributed by atoms with E-state index in [-0.39, 0.29) is 0 Å². The van der Waals surface area contributed by atoms with Crippen molar-refractivity contribution in [3.05, 3.63) is 47.3 Å². The highest BCUT2D eigenvalue weighted by atomic mass is 16.5. The summed E-state index contributed by atoms with van der Waals surface area (Å²) < 4.78 is 6.99. The molecule has 0 atom stereocenters. The number of methoxy groups -OCH3 is 1. The third-order valence-electron chi connectivity index (χ3n) is 2.57. The second-order valence-electron chi connectivity index (χ2n) is 3.76. The number of hydrogen-bond donors (Lipinski definition) is 1. The quantitative estimate of drug-likeness (QED) is 0.833. The molecule has 0 aliphatic heterocycles. The van der Waals surface area contributed by atoms with E-state index in [0.717, 1.165) is 11.4 Å². The first kappa shape index (κ1) is 11.8. The number of hydrogen-bond acceptors (Lipinski definition) is 4. The summed E-state index contributed by atoms with van der Waals surface area (Å²) in [5.74, 6) is 0. The highest BCUT2D eigenvalue weighted by molar-refractivity contribution is 5.17. The molecule has 0 radical (unpaired) electrons. The number of ether oxygens (including phenoxy) is 1. The molecule has 0 fully saturated rings. The zero-order chi connectivity index (χ0) is 12.1. The van der Waals surface area contributed by atoms with Gasteiger partial charge in [-0.2, -0.15) is 0 Å². The molecule has 0 saturated carbocycles. The maximum absolute atomic E-state index is 5.62. The second kappa shape index (κ2) is 5.56. The molecule has 0 spiro atoms. The third-order valence-corrected chi connectivity index (χ3v) is 2.57. The van der Waals surface area contributed by atoms with E-state index in [2.05, 4.69) is 22.4 Å². The fourth-order valence-corrected chi connectivity index (χ4v) is 1.71. The van der Waals surface area contributed by atoms with Crippen molar-refractivity contribution in [1.29, 1.82) is 0 Å². The van der Waals surface area contributed by atoms with Gasteiger partial charge in [-0.15, -0.1) is 5.10 Å². The maximum atomic E-state index is 5.62. The summed E-state index contributed by atoms with van der Waals surface area (Å²) in [5.41, 5.74) is 8.53. The van der Waals surface area contributed by atoms with Gasteiger partial charge >= 0.3 is 0 Å². The average molecular weight is 232 g/mol. The molecule has 1 aromatic carbocycles. The molecule has 0 saturated heterocycles. The molecule has 1 aromatic heterocycles. The Labute approximate surface area is 100 Å². The number of aromatic nitrogens is 3. The Hall–Kier alpha value is -1.72. The van der Waals surface area contributed by atoms with Gasteiger partial charge in [-0.05, 0) is 5.56 Å². The minimum absolute atomic E-state index is 0.382. The van der Waals surface area contributed by atoms with Gasteiger partial charge in [-0.25, -0.2) is 4.68 Å². The molecule has 2 N–H and O–H groups in total. The Bertz CT molecular complexity index is 467. The molecule has 2 aromatic rings. The van der Waals surface area contributed by atoms with Crippen LogP contribution in [0.1, 0.15) is 17.0 Å². The lowest BCUT2D eigenvalue weighted by atomic mass is 10.2. The van der Waals surface area contributed by atoms with Crippen molar-refractivity contribution in [2.45, 2.75) is 19.7 Å². The molecule has 5 nitrogen and oxygen atoms in total. The predicted octanol–water partition coefficient (Wildman–Crippen LogP) is 0.931. The van der Waals surface area contributed by atoms with E-state index in [4.69, 9.17) is 10.5 Å². The van der Waals surface area contributed by atoms with Crippen molar-refractivity contribution >= 4 is 0 Å². The fourth-order valence-electron chi connectivity index (χ4n) is 1.71. The van der Waals surface area contributed by atoms with Crippen LogP contribution in [0.25, 0.3) is 0 Å². The van der Waals surface area contributed by atoms with Crippen LogP contribution < -0.4 is 5.73 Å². The van der Waals surface area contributed by atoms with Gasteiger partial charge in [0.2, 0.25) is 0 Å². The Morgan fingerprint density at radius 3 is 2.71 bits per heavy atom. The first-order chi connectivity index (χ1) is 8.35. The summed E-state index contributed by atoms with van der Waals surface area (Å²) >= 11 is 0. The van der Waals surface area contributed by atoms with Crippen molar-refractivity contribution in [2.75, 3.05) is 7.11 Å². The SMILES string of the molecule is COCc1c(CN)nnn1Cc1ccccc1. The van der Waals surface area contributed by atoms with Gasteiger partial charge in [0.05, 0.1) is 18.8 Å². The predicted molar refractivity (Wildman–Crippen MR) is 64.2 cm³/mol. The Kier molecular flexibility index (Phi) is 3.85. The molecule has 17 heavy (non-hydrogen) atoms. The van der Waals surface area contributed by atoms with Crippen LogP contribution in [0, 0.1) is 0 Å². The van der Waals surface area contributed by atoms with Gasteiger partial charge in [0.25, 0.3) is 0 Å². The fraction of sp³-hybridized carbons (Fsp3) is 0.333. The normalized spacial score (nSPS) is 10.7. The van der Waals surface area contributed by atoms with E-state index in [1.807, 2.05) is 22.9 Å². The van der Waals surface area contributed by atoms with E-state index in [9.17, 15) is 0 Å². The molecule has 0 unspecified atom stereocenters. The molecular formula is C12H16N4O. The highest BCUT2D eigenvalue weighted by Gasteiger charge is 2.11. The Balaban J connectivity index is 2.23. The summed E-state index contributed by atoms with van der Waals surface area (Å²) in [6.07, 6.45) is 0. The minimum Gasteiger partial charge on any atom is -0.378 e. The van der Waals surface area contributed by atoms with Crippen LogP contribution in [0.5, 0.6) is 0 Å². The van der Waals surface area contributed by atoms with E-state index in [1.54, 1.807) is 7.11 Å². The van der Waals surface area contributed by atoms with E-state index in [1.165, 1.54) is 5.56 Å². The van der Waals surface area contributed by atoms with Gasteiger partial charge in [-0.1, -0.05) is 35.5 Å². The Morgan fingerprint density at radius 1 is 1.29 bits per heavy atom. The standard InChI is InChI=1S/C12H16N4O/c1-17-9-12-11(7-13)14-15-16(12)8-10-5-3-2-4-6-10/h2-6H,7-9,13H2,1H3. The van der Waals surface area contributed by atoms with Gasteiger partial charge in [0.15, 0.2) is 0 Å². The largest absolute Gasteiger partial charge is 0.378 e. The van der Waals surface area contributed by atoms with Crippen LogP contribution >= 0.6 is 0 Å². The molecule has 5 heteroatoms.